The monoisotopic (exact) mass is 278 g/mol. The van der Waals surface area contributed by atoms with Crippen LogP contribution >= 0.6 is 0 Å². The van der Waals surface area contributed by atoms with Crippen LogP contribution in [0.2, 0.25) is 0 Å². The lowest BCUT2D eigenvalue weighted by Gasteiger charge is -2.25. The molecule has 2 heteroatoms. The van der Waals surface area contributed by atoms with E-state index >= 15 is 0 Å². The first-order chi connectivity index (χ1) is 9.98. The van der Waals surface area contributed by atoms with Crippen LogP contribution in [-0.4, -0.2) is 11.6 Å². The first-order valence-corrected chi connectivity index (χ1v) is 7.26. The number of carbonyl (C=O) groups excluding carboxylic acids is 2. The van der Waals surface area contributed by atoms with E-state index in [1.54, 1.807) is 19.1 Å². The molecular weight excluding hydrogens is 260 g/mol. The summed E-state index contributed by atoms with van der Waals surface area (Å²) in [6.07, 6.45) is 0. The smallest absolute Gasteiger partial charge is 0.181 e. The maximum Gasteiger partial charge on any atom is 0.181 e. The Bertz CT molecular complexity index is 706. The SMILES string of the molecule is CC(C)c1ccccc1C1(C)C(=O)c2ccccc2C1=O. The molecule has 0 bridgehead atoms. The number of fused-ring (bicyclic) bond motifs is 1. The molecule has 0 aliphatic heterocycles. The van der Waals surface area contributed by atoms with E-state index in [1.165, 1.54) is 0 Å². The van der Waals surface area contributed by atoms with Gasteiger partial charge in [0.15, 0.2) is 11.6 Å². The molecule has 0 fully saturated rings. The summed E-state index contributed by atoms with van der Waals surface area (Å²) >= 11 is 0. The van der Waals surface area contributed by atoms with Crippen molar-refractivity contribution in [2.45, 2.75) is 32.1 Å². The Morgan fingerprint density at radius 1 is 0.810 bits per heavy atom. The maximum absolute atomic E-state index is 12.9. The summed E-state index contributed by atoms with van der Waals surface area (Å²) in [7, 11) is 0. The van der Waals surface area contributed by atoms with Gasteiger partial charge in [-0.1, -0.05) is 62.4 Å². The summed E-state index contributed by atoms with van der Waals surface area (Å²) in [6, 6.07) is 14.9. The van der Waals surface area contributed by atoms with E-state index in [-0.39, 0.29) is 17.5 Å². The Kier molecular flexibility index (Phi) is 3.05. The van der Waals surface area contributed by atoms with E-state index in [1.807, 2.05) is 36.4 Å². The zero-order chi connectivity index (χ0) is 15.2. The second-order valence-corrected chi connectivity index (χ2v) is 6.07. The number of hydrogen-bond acceptors (Lipinski definition) is 2. The van der Waals surface area contributed by atoms with E-state index in [0.29, 0.717) is 11.1 Å². The largest absolute Gasteiger partial charge is 0.293 e. The van der Waals surface area contributed by atoms with Crippen LogP contribution < -0.4 is 0 Å². The third-order valence-corrected chi connectivity index (χ3v) is 4.45. The summed E-state index contributed by atoms with van der Waals surface area (Å²) in [5.74, 6) is 0.0923. The Labute approximate surface area is 124 Å². The summed E-state index contributed by atoms with van der Waals surface area (Å²) in [4.78, 5) is 25.8. The van der Waals surface area contributed by atoms with E-state index in [2.05, 4.69) is 13.8 Å². The molecule has 0 heterocycles. The van der Waals surface area contributed by atoms with Gasteiger partial charge in [0.25, 0.3) is 0 Å². The first-order valence-electron chi connectivity index (χ1n) is 7.26. The Morgan fingerprint density at radius 2 is 1.29 bits per heavy atom. The molecule has 2 aromatic rings. The molecule has 0 unspecified atom stereocenters. The molecule has 0 amide bonds. The molecule has 0 spiro atoms. The number of Topliss-reactive ketones (excluding diaryl/α,β-unsaturated/α-hetero) is 2. The topological polar surface area (TPSA) is 34.1 Å². The highest BCUT2D eigenvalue weighted by atomic mass is 16.2. The lowest BCUT2D eigenvalue weighted by atomic mass is 9.74. The van der Waals surface area contributed by atoms with Gasteiger partial charge in [-0.15, -0.1) is 0 Å². The third kappa shape index (κ3) is 1.79. The van der Waals surface area contributed by atoms with Gasteiger partial charge >= 0.3 is 0 Å². The van der Waals surface area contributed by atoms with E-state index in [9.17, 15) is 9.59 Å². The van der Waals surface area contributed by atoms with Gasteiger partial charge in [-0.25, -0.2) is 0 Å². The van der Waals surface area contributed by atoms with Gasteiger partial charge in [0, 0.05) is 11.1 Å². The zero-order valence-electron chi connectivity index (χ0n) is 12.5. The summed E-state index contributed by atoms with van der Waals surface area (Å²) in [5, 5.41) is 0. The molecule has 21 heavy (non-hydrogen) atoms. The van der Waals surface area contributed by atoms with Gasteiger partial charge in [0.1, 0.15) is 5.41 Å². The Balaban J connectivity index is 2.25. The van der Waals surface area contributed by atoms with Crippen LogP contribution in [0.4, 0.5) is 0 Å². The Hall–Kier alpha value is -2.22. The van der Waals surface area contributed by atoms with Gasteiger partial charge in [-0.3, -0.25) is 9.59 Å². The standard InChI is InChI=1S/C19H18O2/c1-12(2)13-8-6-7-11-16(13)19(3)17(20)14-9-4-5-10-15(14)18(19)21/h4-12H,1-3H3. The highest BCUT2D eigenvalue weighted by molar-refractivity contribution is 6.33. The molecule has 0 N–H and O–H groups in total. The van der Waals surface area contributed by atoms with Gasteiger partial charge in [-0.2, -0.15) is 0 Å². The van der Waals surface area contributed by atoms with Gasteiger partial charge in [0.2, 0.25) is 0 Å². The van der Waals surface area contributed by atoms with Crippen molar-refractivity contribution in [1.29, 1.82) is 0 Å². The summed E-state index contributed by atoms with van der Waals surface area (Å²) < 4.78 is 0. The molecule has 1 aliphatic carbocycles. The average molecular weight is 278 g/mol. The van der Waals surface area contributed by atoms with Crippen LogP contribution in [-0.2, 0) is 5.41 Å². The molecule has 0 saturated carbocycles. The van der Waals surface area contributed by atoms with E-state index < -0.39 is 5.41 Å². The minimum atomic E-state index is -1.09. The van der Waals surface area contributed by atoms with Crippen LogP contribution in [0.5, 0.6) is 0 Å². The molecule has 106 valence electrons. The van der Waals surface area contributed by atoms with E-state index in [0.717, 1.165) is 11.1 Å². The highest BCUT2D eigenvalue weighted by Gasteiger charge is 2.51. The fourth-order valence-corrected chi connectivity index (χ4v) is 3.22. The van der Waals surface area contributed by atoms with Crippen LogP contribution in [0.25, 0.3) is 0 Å². The third-order valence-electron chi connectivity index (χ3n) is 4.45. The van der Waals surface area contributed by atoms with Crippen molar-refractivity contribution in [1.82, 2.24) is 0 Å². The number of carbonyl (C=O) groups is 2. The fraction of sp³-hybridized carbons (Fsp3) is 0.263. The lowest BCUT2D eigenvalue weighted by molar-refractivity contribution is 0.0809. The minimum absolute atomic E-state index is 0.0869. The number of hydrogen-bond donors (Lipinski definition) is 0. The predicted octanol–water partition coefficient (Wildman–Crippen LogP) is 4.15. The van der Waals surface area contributed by atoms with Crippen molar-refractivity contribution in [3.8, 4) is 0 Å². The van der Waals surface area contributed by atoms with Crippen molar-refractivity contribution >= 4 is 11.6 Å². The van der Waals surface area contributed by atoms with Crippen LogP contribution in [0.1, 0.15) is 58.5 Å². The number of ketones is 2. The molecule has 1 aliphatic rings. The minimum Gasteiger partial charge on any atom is -0.293 e. The quantitative estimate of drug-likeness (QED) is 0.773. The molecule has 0 atom stereocenters. The normalized spacial score (nSPS) is 16.4. The second-order valence-electron chi connectivity index (χ2n) is 6.07. The average Bonchev–Trinajstić information content (AvgIpc) is 2.70. The molecule has 2 aromatic carbocycles. The molecule has 0 radical (unpaired) electrons. The Morgan fingerprint density at radius 3 is 1.81 bits per heavy atom. The molecular formula is C19H18O2. The van der Waals surface area contributed by atoms with Crippen molar-refractivity contribution in [2.24, 2.45) is 0 Å². The number of benzene rings is 2. The second kappa shape index (κ2) is 4.66. The van der Waals surface area contributed by atoms with Crippen molar-refractivity contribution in [3.63, 3.8) is 0 Å². The molecule has 0 aromatic heterocycles. The molecule has 0 saturated heterocycles. The van der Waals surface area contributed by atoms with Crippen molar-refractivity contribution in [2.75, 3.05) is 0 Å². The molecule has 2 nitrogen and oxygen atoms in total. The fourth-order valence-electron chi connectivity index (χ4n) is 3.22. The number of rotatable bonds is 2. The predicted molar refractivity (Wildman–Crippen MR) is 83.0 cm³/mol. The highest BCUT2D eigenvalue weighted by Crippen LogP contribution is 2.41. The van der Waals surface area contributed by atoms with Crippen molar-refractivity contribution in [3.05, 3.63) is 70.8 Å². The first kappa shape index (κ1) is 13.7. The summed E-state index contributed by atoms with van der Waals surface area (Å²) in [5.41, 5.74) is 1.90. The van der Waals surface area contributed by atoms with Crippen molar-refractivity contribution < 1.29 is 9.59 Å². The lowest BCUT2D eigenvalue weighted by Crippen LogP contribution is -2.36. The van der Waals surface area contributed by atoms with Gasteiger partial charge < -0.3 is 0 Å². The maximum atomic E-state index is 12.9. The molecule has 3 rings (SSSR count). The van der Waals surface area contributed by atoms with Gasteiger partial charge in [-0.05, 0) is 24.0 Å². The van der Waals surface area contributed by atoms with Gasteiger partial charge in [0.05, 0.1) is 0 Å². The summed E-state index contributed by atoms with van der Waals surface area (Å²) in [6.45, 7) is 5.93. The van der Waals surface area contributed by atoms with Crippen LogP contribution in [0.15, 0.2) is 48.5 Å². The zero-order valence-corrected chi connectivity index (χ0v) is 12.5. The van der Waals surface area contributed by atoms with E-state index in [4.69, 9.17) is 0 Å². The van der Waals surface area contributed by atoms with Crippen LogP contribution in [0.3, 0.4) is 0 Å². The van der Waals surface area contributed by atoms with Crippen LogP contribution in [0, 0.1) is 0 Å².